The summed E-state index contributed by atoms with van der Waals surface area (Å²) < 4.78 is 72.8. The van der Waals surface area contributed by atoms with Crippen molar-refractivity contribution in [3.63, 3.8) is 0 Å². The van der Waals surface area contributed by atoms with Gasteiger partial charge in [-0.3, -0.25) is 0 Å². The van der Waals surface area contributed by atoms with Gasteiger partial charge in [0.1, 0.15) is 10.6 Å². The predicted octanol–water partition coefficient (Wildman–Crippen LogP) is 4.67. The van der Waals surface area contributed by atoms with E-state index in [1.807, 2.05) is 42.5 Å². The molecule has 0 amide bonds. The smallest absolute Gasteiger partial charge is 0.173 e. The molecule has 0 fully saturated rings. The molecule has 1 heterocycles. The molecule has 10 heteroatoms. The van der Waals surface area contributed by atoms with Crippen molar-refractivity contribution in [3.05, 3.63) is 100 Å². The van der Waals surface area contributed by atoms with E-state index in [0.717, 1.165) is 28.8 Å². The topological polar surface area (TPSA) is 95.3 Å². The van der Waals surface area contributed by atoms with Crippen LogP contribution >= 0.6 is 0 Å². The number of nitrogens with zero attached hydrogens (tertiary/aromatic N) is 2. The highest BCUT2D eigenvalue weighted by molar-refractivity contribution is 7.98. The fourth-order valence-corrected chi connectivity index (χ4v) is 8.72. The van der Waals surface area contributed by atoms with Crippen LogP contribution in [0.3, 0.4) is 0 Å². The summed E-state index contributed by atoms with van der Waals surface area (Å²) in [4.78, 5) is -0.217. The quantitative estimate of drug-likeness (QED) is 0.330. The zero-order valence-corrected chi connectivity index (χ0v) is 22.8. The van der Waals surface area contributed by atoms with Gasteiger partial charge in [0.15, 0.2) is 19.7 Å². The first-order valence-electron chi connectivity index (χ1n) is 11.9. The minimum Gasteiger partial charge on any atom is -0.377 e. The standard InChI is InChI=1S/C28H27FN2O5S2/c1-36-26(24-10-6-8-19-7-4-5-9-23(19)24)17-28(38(3,34)35)16-20-18-30-31(22-13-11-21(29)12-14-22)25(20)15-27(28)37(2,32)33/h4-15,18,26H,16-17H2,1-3H3. The van der Waals surface area contributed by atoms with Crippen LogP contribution in [-0.4, -0.2) is 51.0 Å². The Kier molecular flexibility index (Phi) is 6.53. The lowest BCUT2D eigenvalue weighted by Crippen LogP contribution is -2.47. The van der Waals surface area contributed by atoms with Gasteiger partial charge in [0.2, 0.25) is 0 Å². The van der Waals surface area contributed by atoms with Gasteiger partial charge in [0.25, 0.3) is 0 Å². The molecule has 0 spiro atoms. The molecule has 0 aliphatic heterocycles. The van der Waals surface area contributed by atoms with Crippen LogP contribution in [0.4, 0.5) is 4.39 Å². The van der Waals surface area contributed by atoms with Crippen LogP contribution in [0.5, 0.6) is 0 Å². The van der Waals surface area contributed by atoms with Crippen LogP contribution in [0.15, 0.2) is 77.8 Å². The minimum absolute atomic E-state index is 0.105. The second-order valence-corrected chi connectivity index (χ2v) is 14.0. The summed E-state index contributed by atoms with van der Waals surface area (Å²) in [6.07, 6.45) is 4.08. The van der Waals surface area contributed by atoms with E-state index < -0.39 is 36.3 Å². The van der Waals surface area contributed by atoms with Crippen LogP contribution < -0.4 is 0 Å². The van der Waals surface area contributed by atoms with Crippen LogP contribution in [-0.2, 0) is 30.8 Å². The number of sulfone groups is 2. The molecule has 0 N–H and O–H groups in total. The van der Waals surface area contributed by atoms with Crippen molar-refractivity contribution in [2.45, 2.75) is 23.7 Å². The van der Waals surface area contributed by atoms with Gasteiger partial charge in [-0.1, -0.05) is 42.5 Å². The molecule has 38 heavy (non-hydrogen) atoms. The molecule has 0 saturated heterocycles. The van der Waals surface area contributed by atoms with Gasteiger partial charge in [-0.25, -0.2) is 25.9 Å². The second kappa shape index (κ2) is 9.44. The fraction of sp³-hybridized carbons (Fsp3) is 0.250. The summed E-state index contributed by atoms with van der Waals surface area (Å²) in [6.45, 7) is 0. The predicted molar refractivity (Wildman–Crippen MR) is 146 cm³/mol. The number of halogens is 1. The maximum absolute atomic E-state index is 13.6. The molecule has 2 atom stereocenters. The number of hydrogen-bond donors (Lipinski definition) is 0. The molecule has 4 aromatic rings. The average Bonchev–Trinajstić information content (AvgIpc) is 3.28. The monoisotopic (exact) mass is 554 g/mol. The third-order valence-corrected chi connectivity index (χ3v) is 10.6. The highest BCUT2D eigenvalue weighted by Gasteiger charge is 2.52. The maximum Gasteiger partial charge on any atom is 0.173 e. The van der Waals surface area contributed by atoms with Crippen molar-refractivity contribution in [2.75, 3.05) is 19.6 Å². The summed E-state index contributed by atoms with van der Waals surface area (Å²) in [6, 6.07) is 19.0. The normalized spacial score (nSPS) is 18.7. The number of aromatic nitrogens is 2. The minimum atomic E-state index is -4.00. The lowest BCUT2D eigenvalue weighted by molar-refractivity contribution is 0.0893. The molecule has 5 rings (SSSR count). The molecule has 0 saturated carbocycles. The van der Waals surface area contributed by atoms with Gasteiger partial charge in [0, 0.05) is 32.5 Å². The molecule has 2 unspecified atom stereocenters. The largest absolute Gasteiger partial charge is 0.377 e. The third kappa shape index (κ3) is 4.46. The van der Waals surface area contributed by atoms with E-state index in [4.69, 9.17) is 4.74 Å². The van der Waals surface area contributed by atoms with Crippen molar-refractivity contribution in [3.8, 4) is 5.69 Å². The molecule has 3 aromatic carbocycles. The number of methoxy groups -OCH3 is 1. The summed E-state index contributed by atoms with van der Waals surface area (Å²) in [5.41, 5.74) is 2.30. The molecule has 1 aliphatic rings. The van der Waals surface area contributed by atoms with Gasteiger partial charge in [-0.15, -0.1) is 0 Å². The van der Waals surface area contributed by atoms with Crippen molar-refractivity contribution in [1.82, 2.24) is 9.78 Å². The Morgan fingerprint density at radius 3 is 2.34 bits per heavy atom. The molecular weight excluding hydrogens is 527 g/mol. The lowest BCUT2D eigenvalue weighted by Gasteiger charge is -2.38. The van der Waals surface area contributed by atoms with Crippen LogP contribution in [0, 0.1) is 5.82 Å². The molecule has 0 radical (unpaired) electrons. The molecule has 0 bridgehead atoms. The first kappa shape index (κ1) is 26.3. The van der Waals surface area contributed by atoms with Gasteiger partial charge < -0.3 is 4.74 Å². The summed E-state index contributed by atoms with van der Waals surface area (Å²) in [7, 11) is -6.51. The molecule has 7 nitrogen and oxygen atoms in total. The Bertz CT molecular complexity index is 1770. The summed E-state index contributed by atoms with van der Waals surface area (Å²) in [5.74, 6) is -0.419. The third-order valence-electron chi connectivity index (χ3n) is 7.23. The van der Waals surface area contributed by atoms with E-state index in [1.165, 1.54) is 48.3 Å². The molecule has 198 valence electrons. The number of hydrogen-bond acceptors (Lipinski definition) is 6. The van der Waals surface area contributed by atoms with Gasteiger partial charge >= 0.3 is 0 Å². The first-order valence-corrected chi connectivity index (χ1v) is 15.7. The number of benzene rings is 3. The Balaban J connectivity index is 1.70. The van der Waals surface area contributed by atoms with E-state index in [9.17, 15) is 21.2 Å². The Hall–Kier alpha value is -3.34. The highest BCUT2D eigenvalue weighted by atomic mass is 32.2. The van der Waals surface area contributed by atoms with Crippen molar-refractivity contribution in [2.24, 2.45) is 0 Å². The lowest BCUT2D eigenvalue weighted by atomic mass is 9.85. The van der Waals surface area contributed by atoms with E-state index in [2.05, 4.69) is 5.10 Å². The average molecular weight is 555 g/mol. The van der Waals surface area contributed by atoms with Gasteiger partial charge in [-0.2, -0.15) is 5.10 Å². The zero-order chi connectivity index (χ0) is 27.3. The summed E-state index contributed by atoms with van der Waals surface area (Å²) in [5, 5.41) is 6.25. The van der Waals surface area contributed by atoms with Crippen molar-refractivity contribution >= 4 is 36.5 Å². The van der Waals surface area contributed by atoms with E-state index in [-0.39, 0.29) is 17.7 Å². The molecule has 1 aromatic heterocycles. The molecule has 1 aliphatic carbocycles. The number of rotatable bonds is 7. The fourth-order valence-electron chi connectivity index (χ4n) is 5.35. The Morgan fingerprint density at radius 2 is 1.68 bits per heavy atom. The Labute approximate surface area is 221 Å². The number of ether oxygens (including phenoxy) is 1. The zero-order valence-electron chi connectivity index (χ0n) is 21.1. The summed E-state index contributed by atoms with van der Waals surface area (Å²) >= 11 is 0. The first-order chi connectivity index (χ1) is 17.9. The highest BCUT2D eigenvalue weighted by Crippen LogP contribution is 2.47. The van der Waals surface area contributed by atoms with Crippen molar-refractivity contribution in [1.29, 1.82) is 0 Å². The number of fused-ring (bicyclic) bond motifs is 2. The van der Waals surface area contributed by atoms with Gasteiger partial charge in [-0.05, 0) is 52.2 Å². The van der Waals surface area contributed by atoms with Crippen molar-refractivity contribution < 1.29 is 26.0 Å². The van der Waals surface area contributed by atoms with E-state index >= 15 is 0 Å². The van der Waals surface area contributed by atoms with Gasteiger partial charge in [0.05, 0.1) is 28.6 Å². The maximum atomic E-state index is 13.6. The van der Waals surface area contributed by atoms with E-state index in [1.54, 1.807) is 0 Å². The van der Waals surface area contributed by atoms with Crippen LogP contribution in [0.1, 0.15) is 29.3 Å². The SMILES string of the molecule is COC(CC1(S(C)(=O)=O)Cc2cnn(-c3ccc(F)cc3)c2C=C1S(C)(=O)=O)c1cccc2ccccc12. The van der Waals surface area contributed by atoms with E-state index in [0.29, 0.717) is 16.9 Å². The Morgan fingerprint density at radius 1 is 1.00 bits per heavy atom. The van der Waals surface area contributed by atoms with Crippen LogP contribution in [0.25, 0.3) is 22.5 Å². The van der Waals surface area contributed by atoms with Crippen LogP contribution in [0.2, 0.25) is 0 Å². The molecular formula is C28H27FN2O5S2. The second-order valence-electron chi connectivity index (χ2n) is 9.66.